The SMILES string of the molecule is CC(C)[Si]1(C(C)C)OC[C@H]2O[C@@H](n3cnc4c(NC(=O)OCC5c6ccccc6-c6ccccc65)ncnc43)[C@H](O)[C@@H]2O[Si](C(C)C)(C(C)C)O1. The number of carbonyl (C=O) groups is 1. The molecular formula is C37H49N5O7Si2. The summed E-state index contributed by atoms with van der Waals surface area (Å²) in [6, 6.07) is 16.4. The molecule has 0 spiro atoms. The van der Waals surface area contributed by atoms with E-state index in [1.807, 2.05) is 24.3 Å². The average Bonchev–Trinajstić information content (AvgIpc) is 3.75. The highest BCUT2D eigenvalue weighted by atomic mass is 28.5. The van der Waals surface area contributed by atoms with Crippen molar-refractivity contribution >= 4 is 40.2 Å². The maximum Gasteiger partial charge on any atom is 0.412 e. The predicted octanol–water partition coefficient (Wildman–Crippen LogP) is 7.40. The van der Waals surface area contributed by atoms with E-state index in [2.05, 4.69) is 99.9 Å². The number of benzene rings is 2. The normalized spacial score (nSPS) is 24.1. The average molecular weight is 732 g/mol. The first-order valence-electron chi connectivity index (χ1n) is 18.0. The number of carbonyl (C=O) groups excluding carboxylic acids is 1. The van der Waals surface area contributed by atoms with E-state index in [-0.39, 0.29) is 47.1 Å². The Kier molecular flexibility index (Phi) is 9.71. The molecule has 2 fully saturated rings. The number of nitrogens with zero attached hydrogens (tertiary/aromatic N) is 4. The van der Waals surface area contributed by atoms with Crippen molar-refractivity contribution in [3.05, 3.63) is 72.3 Å². The summed E-state index contributed by atoms with van der Waals surface area (Å²) in [6.45, 7) is 17.7. The van der Waals surface area contributed by atoms with Gasteiger partial charge >= 0.3 is 23.2 Å². The van der Waals surface area contributed by atoms with Crippen LogP contribution in [-0.2, 0) is 22.4 Å². The molecule has 14 heteroatoms. The number of amides is 1. The van der Waals surface area contributed by atoms with Crippen LogP contribution in [0.2, 0.25) is 22.2 Å². The van der Waals surface area contributed by atoms with Crippen molar-refractivity contribution in [2.24, 2.45) is 0 Å². The lowest BCUT2D eigenvalue weighted by molar-refractivity contribution is -0.0570. The van der Waals surface area contributed by atoms with E-state index in [9.17, 15) is 9.90 Å². The lowest BCUT2D eigenvalue weighted by Crippen LogP contribution is -2.65. The van der Waals surface area contributed by atoms with Gasteiger partial charge in [0.15, 0.2) is 23.2 Å². The van der Waals surface area contributed by atoms with Crippen LogP contribution in [-0.4, -0.2) is 79.4 Å². The third-order valence-electron chi connectivity index (χ3n) is 10.8. The smallest absolute Gasteiger partial charge is 0.412 e. The molecule has 2 N–H and O–H groups in total. The lowest BCUT2D eigenvalue weighted by atomic mass is 9.98. The van der Waals surface area contributed by atoms with Gasteiger partial charge in [0, 0.05) is 5.92 Å². The summed E-state index contributed by atoms with van der Waals surface area (Å²) in [7, 11) is -5.76. The monoisotopic (exact) mass is 731 g/mol. The highest BCUT2D eigenvalue weighted by Gasteiger charge is 2.61. The van der Waals surface area contributed by atoms with Crippen molar-refractivity contribution in [1.82, 2.24) is 19.5 Å². The van der Waals surface area contributed by atoms with Crippen molar-refractivity contribution in [3.63, 3.8) is 0 Å². The first-order chi connectivity index (χ1) is 24.4. The van der Waals surface area contributed by atoms with E-state index in [1.54, 1.807) is 10.9 Å². The quantitative estimate of drug-likeness (QED) is 0.176. The van der Waals surface area contributed by atoms with Gasteiger partial charge in [0.05, 0.1) is 12.9 Å². The molecule has 272 valence electrons. The van der Waals surface area contributed by atoms with Crippen LogP contribution in [0.3, 0.4) is 0 Å². The number of fused-ring (bicyclic) bond motifs is 5. The maximum atomic E-state index is 13.2. The van der Waals surface area contributed by atoms with E-state index >= 15 is 0 Å². The summed E-state index contributed by atoms with van der Waals surface area (Å²) in [4.78, 5) is 26.5. The second kappa shape index (κ2) is 13.8. The summed E-state index contributed by atoms with van der Waals surface area (Å²) >= 11 is 0. The Morgan fingerprint density at radius 3 is 2.12 bits per heavy atom. The Balaban J connectivity index is 1.12. The van der Waals surface area contributed by atoms with Crippen molar-refractivity contribution in [3.8, 4) is 11.1 Å². The molecule has 0 unspecified atom stereocenters. The number of hydrogen-bond acceptors (Lipinski definition) is 10. The number of ether oxygens (including phenoxy) is 2. The Morgan fingerprint density at radius 2 is 1.51 bits per heavy atom. The molecule has 2 aromatic heterocycles. The number of imidazole rings is 1. The van der Waals surface area contributed by atoms with Crippen molar-refractivity contribution in [2.75, 3.05) is 18.5 Å². The van der Waals surface area contributed by atoms with Gasteiger partial charge in [-0.1, -0.05) is 104 Å². The zero-order valence-electron chi connectivity index (χ0n) is 30.6. The van der Waals surface area contributed by atoms with Crippen molar-refractivity contribution in [2.45, 2.75) is 108 Å². The fraction of sp³-hybridized carbons (Fsp3) is 0.514. The molecule has 12 nitrogen and oxygen atoms in total. The molecule has 51 heavy (non-hydrogen) atoms. The topological polar surface area (TPSA) is 139 Å². The van der Waals surface area contributed by atoms with E-state index in [1.165, 1.54) is 6.33 Å². The molecule has 4 aromatic rings. The summed E-state index contributed by atoms with van der Waals surface area (Å²) in [5.41, 5.74) is 5.85. The molecule has 4 atom stereocenters. The van der Waals surface area contributed by atoms with E-state index < -0.39 is 47.8 Å². The van der Waals surface area contributed by atoms with Gasteiger partial charge < -0.3 is 27.5 Å². The summed E-state index contributed by atoms with van der Waals surface area (Å²) < 4.78 is 35.2. The van der Waals surface area contributed by atoms with Gasteiger partial charge in [-0.3, -0.25) is 9.88 Å². The van der Waals surface area contributed by atoms with Gasteiger partial charge in [-0.05, 0) is 44.4 Å². The van der Waals surface area contributed by atoms with E-state index in [0.29, 0.717) is 11.2 Å². The van der Waals surface area contributed by atoms with E-state index in [0.717, 1.165) is 22.3 Å². The molecule has 4 heterocycles. The third kappa shape index (κ3) is 6.04. The Labute approximate surface area is 301 Å². The van der Waals surface area contributed by atoms with Gasteiger partial charge in [-0.2, -0.15) is 0 Å². The van der Waals surface area contributed by atoms with Crippen molar-refractivity contribution in [1.29, 1.82) is 0 Å². The van der Waals surface area contributed by atoms with Crippen LogP contribution < -0.4 is 5.32 Å². The van der Waals surface area contributed by atoms with Crippen LogP contribution in [0.1, 0.15) is 78.7 Å². The fourth-order valence-corrected chi connectivity index (χ4v) is 19.4. The molecule has 2 aromatic carbocycles. The van der Waals surface area contributed by atoms with Crippen LogP contribution in [0.25, 0.3) is 22.3 Å². The maximum absolute atomic E-state index is 13.2. The minimum atomic E-state index is -2.98. The molecule has 1 aliphatic carbocycles. The highest BCUT2D eigenvalue weighted by molar-refractivity contribution is 6.84. The summed E-state index contributed by atoms with van der Waals surface area (Å²) in [5.74, 6) is 0.113. The molecule has 2 saturated heterocycles. The standard InChI is InChI=1S/C37H49N5O7Si2/c1-21(2)50(22(3)4)46-18-30-33(48-51(49-50,23(5)6)24(7)8)32(43)36(47-30)42-20-40-31-34(38-19-39-35(31)42)41-37(44)45-17-29-27-15-11-9-13-25(27)26-14-10-12-16-28(26)29/h9-16,19-24,29-30,32-33,36,43H,17-18H2,1-8H3,(H,38,39,41,44)/t30-,32-,33-,36-/m1/s1. The summed E-state index contributed by atoms with van der Waals surface area (Å²) in [5, 5.41) is 14.7. The van der Waals surface area contributed by atoms with Crippen LogP contribution in [0.15, 0.2) is 61.2 Å². The number of rotatable bonds is 8. The number of aliphatic hydroxyl groups is 1. The fourth-order valence-electron chi connectivity index (χ4n) is 8.23. The van der Waals surface area contributed by atoms with Gasteiger partial charge in [0.2, 0.25) is 0 Å². The van der Waals surface area contributed by atoms with Crippen LogP contribution in [0.4, 0.5) is 10.6 Å². The number of hydrogen-bond donors (Lipinski definition) is 2. The Hall–Kier alpha value is -3.51. The second-order valence-electron chi connectivity index (χ2n) is 15.1. The zero-order valence-corrected chi connectivity index (χ0v) is 32.6. The molecule has 7 rings (SSSR count). The molecule has 0 saturated carbocycles. The third-order valence-corrected chi connectivity index (χ3v) is 21.1. The number of aromatic nitrogens is 4. The molecular weight excluding hydrogens is 683 g/mol. The molecule has 3 aliphatic rings. The number of anilines is 1. The highest BCUT2D eigenvalue weighted by Crippen LogP contribution is 2.49. The first-order valence-corrected chi connectivity index (χ1v) is 22.0. The Morgan fingerprint density at radius 1 is 0.902 bits per heavy atom. The zero-order chi connectivity index (χ0) is 36.2. The van der Waals surface area contributed by atoms with Crippen LogP contribution >= 0.6 is 0 Å². The predicted molar refractivity (Wildman–Crippen MR) is 198 cm³/mol. The first kappa shape index (κ1) is 35.9. The van der Waals surface area contributed by atoms with Crippen LogP contribution in [0.5, 0.6) is 0 Å². The molecule has 1 amide bonds. The summed E-state index contributed by atoms with van der Waals surface area (Å²) in [6.07, 6.45) is -0.925. The number of aliphatic hydroxyl groups excluding tert-OH is 1. The lowest BCUT2D eigenvalue weighted by Gasteiger charge is -2.51. The Bertz CT molecular complexity index is 1840. The minimum absolute atomic E-state index is 0.0793. The van der Waals surface area contributed by atoms with Crippen LogP contribution in [0, 0.1) is 0 Å². The number of nitrogens with one attached hydrogen (secondary N) is 1. The van der Waals surface area contributed by atoms with Gasteiger partial charge in [0.1, 0.15) is 31.2 Å². The molecule has 2 aliphatic heterocycles. The van der Waals surface area contributed by atoms with E-state index in [4.69, 9.17) is 22.4 Å². The van der Waals surface area contributed by atoms with Gasteiger partial charge in [-0.25, -0.2) is 19.7 Å². The van der Waals surface area contributed by atoms with Gasteiger partial charge in [-0.15, -0.1) is 0 Å². The molecule has 0 radical (unpaired) electrons. The largest absolute Gasteiger partial charge is 0.448 e. The second-order valence-corrected chi connectivity index (χ2v) is 24.0. The minimum Gasteiger partial charge on any atom is -0.448 e. The van der Waals surface area contributed by atoms with Crippen molar-refractivity contribution < 1.29 is 32.3 Å². The molecule has 0 bridgehead atoms. The van der Waals surface area contributed by atoms with Gasteiger partial charge in [0.25, 0.3) is 0 Å².